The predicted molar refractivity (Wildman–Crippen MR) is 130 cm³/mol. The first-order valence-corrected chi connectivity index (χ1v) is 11.6. The molecule has 3 aromatic carbocycles. The standard InChI is InChI=1S/C27H31NO5/c1-6-8-17(7-2)33-27-24-18(11-12-21(29-4)26(24)30-5)19-10-9-16-13-22-23(32-15-31-22)14-20(16)25(19)28(27)3/h9-14,17,27H,6-8,15H2,1-5H3. The van der Waals surface area contributed by atoms with Crippen molar-refractivity contribution in [2.75, 3.05) is 33.0 Å². The molecule has 0 saturated heterocycles. The van der Waals surface area contributed by atoms with Crippen molar-refractivity contribution in [2.45, 2.75) is 45.4 Å². The van der Waals surface area contributed by atoms with Crippen LogP contribution in [0.3, 0.4) is 0 Å². The maximum atomic E-state index is 6.79. The zero-order chi connectivity index (χ0) is 23.1. The lowest BCUT2D eigenvalue weighted by atomic mass is 9.88. The molecule has 0 amide bonds. The molecule has 0 spiro atoms. The fourth-order valence-electron chi connectivity index (χ4n) is 5.07. The molecule has 2 aliphatic heterocycles. The molecule has 2 atom stereocenters. The van der Waals surface area contributed by atoms with Gasteiger partial charge >= 0.3 is 0 Å². The van der Waals surface area contributed by atoms with Gasteiger partial charge in [0.15, 0.2) is 29.2 Å². The molecule has 2 heterocycles. The summed E-state index contributed by atoms with van der Waals surface area (Å²) in [5.41, 5.74) is 4.34. The van der Waals surface area contributed by atoms with E-state index in [1.54, 1.807) is 14.2 Å². The summed E-state index contributed by atoms with van der Waals surface area (Å²) in [6, 6.07) is 12.5. The van der Waals surface area contributed by atoms with Crippen LogP contribution in [-0.2, 0) is 4.74 Å². The topological polar surface area (TPSA) is 49.4 Å². The maximum Gasteiger partial charge on any atom is 0.231 e. The molecule has 0 N–H and O–H groups in total. The summed E-state index contributed by atoms with van der Waals surface area (Å²) in [7, 11) is 5.45. The van der Waals surface area contributed by atoms with Gasteiger partial charge in [-0.2, -0.15) is 0 Å². The zero-order valence-corrected chi connectivity index (χ0v) is 19.9. The number of fused-ring (bicyclic) bond motifs is 6. The van der Waals surface area contributed by atoms with Gasteiger partial charge in [0.2, 0.25) is 6.79 Å². The van der Waals surface area contributed by atoms with Crippen molar-refractivity contribution in [1.82, 2.24) is 0 Å². The highest BCUT2D eigenvalue weighted by atomic mass is 16.7. The summed E-state index contributed by atoms with van der Waals surface area (Å²) in [4.78, 5) is 2.22. The number of hydrogen-bond acceptors (Lipinski definition) is 6. The van der Waals surface area contributed by atoms with Crippen LogP contribution in [0.5, 0.6) is 23.0 Å². The van der Waals surface area contributed by atoms with Crippen molar-refractivity contribution in [3.8, 4) is 34.1 Å². The van der Waals surface area contributed by atoms with Gasteiger partial charge in [0.1, 0.15) is 0 Å². The van der Waals surface area contributed by atoms with Crippen LogP contribution in [0.1, 0.15) is 44.9 Å². The Balaban J connectivity index is 1.76. The quantitative estimate of drug-likeness (QED) is 0.422. The van der Waals surface area contributed by atoms with Crippen molar-refractivity contribution in [1.29, 1.82) is 0 Å². The first kappa shape index (κ1) is 21.7. The van der Waals surface area contributed by atoms with Gasteiger partial charge in [-0.1, -0.05) is 32.4 Å². The van der Waals surface area contributed by atoms with Crippen molar-refractivity contribution in [3.63, 3.8) is 0 Å². The Morgan fingerprint density at radius 2 is 1.76 bits per heavy atom. The van der Waals surface area contributed by atoms with Crippen LogP contribution in [0.25, 0.3) is 21.9 Å². The van der Waals surface area contributed by atoms with E-state index in [2.05, 4.69) is 56.1 Å². The lowest BCUT2D eigenvalue weighted by Gasteiger charge is -2.40. The molecule has 6 nitrogen and oxygen atoms in total. The third kappa shape index (κ3) is 3.44. The average molecular weight is 450 g/mol. The van der Waals surface area contributed by atoms with E-state index in [4.69, 9.17) is 23.7 Å². The molecule has 3 aromatic rings. The van der Waals surface area contributed by atoms with Gasteiger partial charge in [-0.25, -0.2) is 0 Å². The van der Waals surface area contributed by atoms with Crippen molar-refractivity contribution < 1.29 is 23.7 Å². The van der Waals surface area contributed by atoms with Crippen molar-refractivity contribution in [3.05, 3.63) is 42.0 Å². The lowest BCUT2D eigenvalue weighted by molar-refractivity contribution is -0.0203. The van der Waals surface area contributed by atoms with Gasteiger partial charge in [-0.3, -0.25) is 0 Å². The number of rotatable bonds is 7. The molecular weight excluding hydrogens is 418 g/mol. The minimum Gasteiger partial charge on any atom is -0.493 e. The summed E-state index contributed by atoms with van der Waals surface area (Å²) >= 11 is 0. The molecule has 0 aliphatic carbocycles. The van der Waals surface area contributed by atoms with Crippen LogP contribution >= 0.6 is 0 Å². The first-order chi connectivity index (χ1) is 16.1. The highest BCUT2D eigenvalue weighted by Crippen LogP contribution is 2.54. The SMILES string of the molecule is CCCC(CC)OC1c2c(ccc(OC)c2OC)-c2ccc3cc4c(cc3c2N1C)OCO4. The average Bonchev–Trinajstić information content (AvgIpc) is 3.30. The second-order valence-electron chi connectivity index (χ2n) is 8.57. The third-order valence-corrected chi connectivity index (χ3v) is 6.70. The van der Waals surface area contributed by atoms with E-state index in [0.29, 0.717) is 5.75 Å². The van der Waals surface area contributed by atoms with Gasteiger partial charge in [0.05, 0.1) is 31.6 Å². The number of methoxy groups -OCH3 is 2. The Morgan fingerprint density at radius 3 is 2.45 bits per heavy atom. The van der Waals surface area contributed by atoms with E-state index in [1.165, 1.54) is 0 Å². The molecular formula is C27H31NO5. The molecule has 0 radical (unpaired) electrons. The highest BCUT2D eigenvalue weighted by Gasteiger charge is 2.36. The van der Waals surface area contributed by atoms with Gasteiger partial charge in [0.25, 0.3) is 0 Å². The highest BCUT2D eigenvalue weighted by molar-refractivity contribution is 6.05. The van der Waals surface area contributed by atoms with Gasteiger partial charge in [-0.05, 0) is 48.1 Å². The normalized spacial score (nSPS) is 17.0. The van der Waals surface area contributed by atoms with Crippen LogP contribution in [-0.4, -0.2) is 34.2 Å². The van der Waals surface area contributed by atoms with Crippen molar-refractivity contribution in [2.24, 2.45) is 0 Å². The van der Waals surface area contributed by atoms with Gasteiger partial charge < -0.3 is 28.6 Å². The Hall–Kier alpha value is -3.12. The van der Waals surface area contributed by atoms with Gasteiger partial charge in [-0.15, -0.1) is 0 Å². The second kappa shape index (κ2) is 8.67. The Morgan fingerprint density at radius 1 is 1.00 bits per heavy atom. The summed E-state index contributed by atoms with van der Waals surface area (Å²) < 4.78 is 29.6. The minimum atomic E-state index is -0.315. The number of nitrogens with zero attached hydrogens (tertiary/aromatic N) is 1. The summed E-state index contributed by atoms with van der Waals surface area (Å²) in [5.74, 6) is 2.98. The largest absolute Gasteiger partial charge is 0.493 e. The zero-order valence-electron chi connectivity index (χ0n) is 19.9. The smallest absolute Gasteiger partial charge is 0.231 e. The first-order valence-electron chi connectivity index (χ1n) is 11.6. The van der Waals surface area contributed by atoms with Crippen LogP contribution in [0.4, 0.5) is 5.69 Å². The molecule has 33 heavy (non-hydrogen) atoms. The fourth-order valence-corrected chi connectivity index (χ4v) is 5.07. The van der Waals surface area contributed by atoms with Crippen LogP contribution in [0.15, 0.2) is 36.4 Å². The number of anilines is 1. The molecule has 0 aromatic heterocycles. The Labute approximate surface area is 195 Å². The van der Waals surface area contributed by atoms with E-state index in [1.807, 2.05) is 6.07 Å². The van der Waals surface area contributed by atoms with E-state index in [9.17, 15) is 0 Å². The summed E-state index contributed by atoms with van der Waals surface area (Å²) in [5, 5.41) is 2.21. The van der Waals surface area contributed by atoms with Gasteiger partial charge in [0, 0.05) is 18.0 Å². The Bertz CT molecular complexity index is 1190. The molecule has 2 aliphatic rings. The predicted octanol–water partition coefficient (Wildman–Crippen LogP) is 6.30. The Kier molecular flexibility index (Phi) is 5.71. The molecule has 0 fully saturated rings. The van der Waals surface area contributed by atoms with Crippen molar-refractivity contribution >= 4 is 16.5 Å². The lowest BCUT2D eigenvalue weighted by Crippen LogP contribution is -2.34. The summed E-state index contributed by atoms with van der Waals surface area (Å²) in [6.45, 7) is 4.63. The minimum absolute atomic E-state index is 0.142. The molecule has 174 valence electrons. The fraction of sp³-hybridized carbons (Fsp3) is 0.407. The number of hydrogen-bond donors (Lipinski definition) is 0. The van der Waals surface area contributed by atoms with E-state index >= 15 is 0 Å². The second-order valence-corrected chi connectivity index (χ2v) is 8.57. The molecule has 6 heteroatoms. The van der Waals surface area contributed by atoms with E-state index in [-0.39, 0.29) is 19.1 Å². The molecule has 5 rings (SSSR count). The monoisotopic (exact) mass is 449 g/mol. The van der Waals surface area contributed by atoms with E-state index < -0.39 is 0 Å². The van der Waals surface area contributed by atoms with Crippen LogP contribution in [0, 0.1) is 0 Å². The third-order valence-electron chi connectivity index (χ3n) is 6.70. The molecule has 0 bridgehead atoms. The molecule has 2 unspecified atom stereocenters. The molecule has 0 saturated carbocycles. The van der Waals surface area contributed by atoms with Crippen LogP contribution in [0.2, 0.25) is 0 Å². The maximum absolute atomic E-state index is 6.79. The number of ether oxygens (including phenoxy) is 5. The summed E-state index contributed by atoms with van der Waals surface area (Å²) in [6.07, 6.45) is 2.85. The number of benzene rings is 3. The van der Waals surface area contributed by atoms with Crippen LogP contribution < -0.4 is 23.8 Å². The van der Waals surface area contributed by atoms with E-state index in [0.717, 1.165) is 69.7 Å².